The molecule has 0 aliphatic heterocycles. The molecule has 122 valence electrons. The molecule has 5 heteroatoms. The van der Waals surface area contributed by atoms with E-state index < -0.39 is 6.04 Å². The van der Waals surface area contributed by atoms with E-state index in [1.807, 2.05) is 32.9 Å². The maximum absolute atomic E-state index is 12.3. The molecule has 0 aliphatic rings. The summed E-state index contributed by atoms with van der Waals surface area (Å²) >= 11 is 5.89. The minimum Gasteiger partial charge on any atom is -0.354 e. The summed E-state index contributed by atoms with van der Waals surface area (Å²) in [5.74, 6) is -0.103. The second-order valence-corrected chi connectivity index (χ2v) is 5.65. The number of nitrogens with one attached hydrogen (secondary N) is 1. The maximum Gasteiger partial charge on any atom is 0.242 e. The normalized spacial score (nSPS) is 11.8. The zero-order valence-corrected chi connectivity index (χ0v) is 14.3. The second kappa shape index (κ2) is 9.46. The lowest BCUT2D eigenvalue weighted by atomic mass is 10.1. The molecule has 0 saturated carbocycles. The number of nitrogens with zero attached hydrogens (tertiary/aromatic N) is 1. The zero-order valence-electron chi connectivity index (χ0n) is 13.6. The fourth-order valence-electron chi connectivity index (χ4n) is 2.28. The van der Waals surface area contributed by atoms with Crippen LogP contribution in [-0.2, 0) is 16.1 Å². The Labute approximate surface area is 137 Å². The third-order valence-electron chi connectivity index (χ3n) is 3.50. The number of hydrogen-bond acceptors (Lipinski definition) is 2. The quantitative estimate of drug-likeness (QED) is 0.797. The van der Waals surface area contributed by atoms with Crippen LogP contribution >= 0.6 is 11.6 Å². The number of amides is 2. The fourth-order valence-corrected chi connectivity index (χ4v) is 2.40. The van der Waals surface area contributed by atoms with Gasteiger partial charge in [0.15, 0.2) is 0 Å². The third kappa shape index (κ3) is 5.34. The van der Waals surface area contributed by atoms with Crippen LogP contribution in [0.25, 0.3) is 0 Å². The van der Waals surface area contributed by atoms with E-state index in [0.717, 1.165) is 12.0 Å². The van der Waals surface area contributed by atoms with Crippen LogP contribution in [0.4, 0.5) is 0 Å². The van der Waals surface area contributed by atoms with Crippen molar-refractivity contribution >= 4 is 23.4 Å². The average Bonchev–Trinajstić information content (AvgIpc) is 2.53. The summed E-state index contributed by atoms with van der Waals surface area (Å²) in [6.07, 6.45) is 1.85. The van der Waals surface area contributed by atoms with E-state index >= 15 is 0 Å². The van der Waals surface area contributed by atoms with Crippen LogP contribution in [0.3, 0.4) is 0 Å². The van der Waals surface area contributed by atoms with Crippen molar-refractivity contribution in [2.24, 2.45) is 0 Å². The first-order valence-corrected chi connectivity index (χ1v) is 8.22. The van der Waals surface area contributed by atoms with Gasteiger partial charge < -0.3 is 10.2 Å². The van der Waals surface area contributed by atoms with Gasteiger partial charge in [-0.3, -0.25) is 9.59 Å². The molecule has 1 atom stereocenters. The van der Waals surface area contributed by atoms with Crippen LogP contribution in [-0.4, -0.2) is 29.3 Å². The summed E-state index contributed by atoms with van der Waals surface area (Å²) in [6, 6.07) is 6.92. The van der Waals surface area contributed by atoms with Gasteiger partial charge in [-0.15, -0.1) is 0 Å². The third-order valence-corrected chi connectivity index (χ3v) is 3.76. The largest absolute Gasteiger partial charge is 0.354 e. The van der Waals surface area contributed by atoms with E-state index in [2.05, 4.69) is 5.32 Å². The topological polar surface area (TPSA) is 49.4 Å². The number of benzene rings is 1. The molecular weight excluding hydrogens is 300 g/mol. The molecule has 1 N–H and O–H groups in total. The minimum absolute atomic E-state index is 0.0200. The predicted octanol–water partition coefficient (Wildman–Crippen LogP) is 3.38. The van der Waals surface area contributed by atoms with Crippen LogP contribution in [0.2, 0.25) is 5.02 Å². The Morgan fingerprint density at radius 3 is 2.32 bits per heavy atom. The van der Waals surface area contributed by atoms with Gasteiger partial charge in [-0.25, -0.2) is 0 Å². The Hall–Kier alpha value is -1.55. The van der Waals surface area contributed by atoms with Gasteiger partial charge in [0.2, 0.25) is 11.8 Å². The van der Waals surface area contributed by atoms with Gasteiger partial charge >= 0.3 is 0 Å². The number of halogens is 1. The van der Waals surface area contributed by atoms with Gasteiger partial charge in [-0.2, -0.15) is 0 Å². The highest BCUT2D eigenvalue weighted by Gasteiger charge is 2.27. The molecular formula is C17H25ClN2O2. The summed E-state index contributed by atoms with van der Waals surface area (Å²) in [5.41, 5.74) is 0.966. The number of carbonyl (C=O) groups excluding carboxylic acids is 2. The van der Waals surface area contributed by atoms with Crippen LogP contribution in [0.1, 0.15) is 45.6 Å². The Kier molecular flexibility index (Phi) is 7.96. The molecule has 4 nitrogen and oxygen atoms in total. The highest BCUT2D eigenvalue weighted by molar-refractivity contribution is 6.30. The van der Waals surface area contributed by atoms with Gasteiger partial charge in [-0.1, -0.05) is 44.5 Å². The Morgan fingerprint density at radius 1 is 1.18 bits per heavy atom. The summed E-state index contributed by atoms with van der Waals surface area (Å²) < 4.78 is 0. The van der Waals surface area contributed by atoms with E-state index in [9.17, 15) is 9.59 Å². The number of hydrogen-bond donors (Lipinski definition) is 1. The maximum atomic E-state index is 12.3. The van der Waals surface area contributed by atoms with Crippen LogP contribution in [0, 0.1) is 0 Å². The Morgan fingerprint density at radius 2 is 1.82 bits per heavy atom. The fraction of sp³-hybridized carbons (Fsp3) is 0.529. The van der Waals surface area contributed by atoms with Gasteiger partial charge in [0.25, 0.3) is 0 Å². The lowest BCUT2D eigenvalue weighted by molar-refractivity contribution is -0.141. The highest BCUT2D eigenvalue weighted by atomic mass is 35.5. The van der Waals surface area contributed by atoms with Crippen molar-refractivity contribution in [3.63, 3.8) is 0 Å². The molecule has 1 rings (SSSR count). The Balaban J connectivity index is 2.92. The van der Waals surface area contributed by atoms with E-state index in [1.54, 1.807) is 17.0 Å². The summed E-state index contributed by atoms with van der Waals surface area (Å²) in [4.78, 5) is 26.3. The molecule has 22 heavy (non-hydrogen) atoms. The SMILES string of the molecule is CCCNC(=O)[C@H](CC)N(Cc1ccc(Cl)cc1)C(=O)CC. The van der Waals surface area contributed by atoms with Crippen molar-refractivity contribution < 1.29 is 9.59 Å². The lowest BCUT2D eigenvalue weighted by Crippen LogP contribution is -2.49. The highest BCUT2D eigenvalue weighted by Crippen LogP contribution is 2.15. The number of carbonyl (C=O) groups is 2. The van der Waals surface area contributed by atoms with Crippen molar-refractivity contribution in [3.05, 3.63) is 34.9 Å². The van der Waals surface area contributed by atoms with Crippen molar-refractivity contribution in [3.8, 4) is 0 Å². The Bertz CT molecular complexity index is 488. The monoisotopic (exact) mass is 324 g/mol. The molecule has 0 unspecified atom stereocenters. The van der Waals surface area contributed by atoms with Gasteiger partial charge in [0, 0.05) is 24.5 Å². The predicted molar refractivity (Wildman–Crippen MR) is 89.7 cm³/mol. The zero-order chi connectivity index (χ0) is 16.5. The van der Waals surface area contributed by atoms with Gasteiger partial charge in [0.05, 0.1) is 0 Å². The summed E-state index contributed by atoms with van der Waals surface area (Å²) in [5, 5.41) is 3.54. The molecule has 0 spiro atoms. The van der Waals surface area contributed by atoms with Crippen LogP contribution in [0.5, 0.6) is 0 Å². The minimum atomic E-state index is -0.435. The standard InChI is InChI=1S/C17H25ClN2O2/c1-4-11-19-17(22)15(5-2)20(16(21)6-3)12-13-7-9-14(18)10-8-13/h7-10,15H,4-6,11-12H2,1-3H3,(H,19,22)/t15-/m0/s1. The van der Waals surface area contributed by atoms with E-state index in [-0.39, 0.29) is 11.8 Å². The van der Waals surface area contributed by atoms with E-state index in [0.29, 0.717) is 31.0 Å². The van der Waals surface area contributed by atoms with E-state index in [1.165, 1.54) is 0 Å². The van der Waals surface area contributed by atoms with Crippen molar-refractivity contribution in [1.29, 1.82) is 0 Å². The van der Waals surface area contributed by atoms with Crippen molar-refractivity contribution in [2.75, 3.05) is 6.54 Å². The first-order chi connectivity index (χ1) is 10.5. The van der Waals surface area contributed by atoms with Crippen molar-refractivity contribution in [2.45, 2.75) is 52.6 Å². The van der Waals surface area contributed by atoms with Crippen molar-refractivity contribution in [1.82, 2.24) is 10.2 Å². The van der Waals surface area contributed by atoms with Crippen LogP contribution < -0.4 is 5.32 Å². The van der Waals surface area contributed by atoms with Gasteiger partial charge in [0.1, 0.15) is 6.04 Å². The average molecular weight is 325 g/mol. The summed E-state index contributed by atoms with van der Waals surface area (Å²) in [6.45, 7) is 6.79. The molecule has 0 bridgehead atoms. The molecule has 0 aromatic heterocycles. The summed E-state index contributed by atoms with van der Waals surface area (Å²) in [7, 11) is 0. The molecule has 0 radical (unpaired) electrons. The van der Waals surface area contributed by atoms with Crippen LogP contribution in [0.15, 0.2) is 24.3 Å². The molecule has 1 aromatic rings. The molecule has 0 fully saturated rings. The lowest BCUT2D eigenvalue weighted by Gasteiger charge is -2.30. The number of rotatable bonds is 8. The molecule has 0 aliphatic carbocycles. The molecule has 1 aromatic carbocycles. The molecule has 0 heterocycles. The first kappa shape index (κ1) is 18.5. The van der Waals surface area contributed by atoms with Gasteiger partial charge in [-0.05, 0) is 30.5 Å². The first-order valence-electron chi connectivity index (χ1n) is 7.85. The van der Waals surface area contributed by atoms with E-state index in [4.69, 9.17) is 11.6 Å². The molecule has 2 amide bonds. The smallest absolute Gasteiger partial charge is 0.242 e. The molecule has 0 saturated heterocycles. The second-order valence-electron chi connectivity index (χ2n) is 5.22.